The second-order valence-electron chi connectivity index (χ2n) is 9.06. The van der Waals surface area contributed by atoms with Gasteiger partial charge >= 0.3 is 0 Å². The maximum atomic E-state index is 13.3. The van der Waals surface area contributed by atoms with Crippen LogP contribution in [0.3, 0.4) is 0 Å². The van der Waals surface area contributed by atoms with E-state index in [0.29, 0.717) is 77.4 Å². The molecule has 0 bridgehead atoms. The molecule has 0 radical (unpaired) electrons. The van der Waals surface area contributed by atoms with Gasteiger partial charge in [0.15, 0.2) is 0 Å². The number of nitrogens with zero attached hydrogens (tertiary/aromatic N) is 2. The highest BCUT2D eigenvalue weighted by Crippen LogP contribution is 2.37. The molecule has 6 nitrogen and oxygen atoms in total. The fraction of sp³-hybridized carbons (Fsp3) is 0.462. The summed E-state index contributed by atoms with van der Waals surface area (Å²) in [5.74, 6) is 0.437. The Kier molecular flexibility index (Phi) is 8.21. The van der Waals surface area contributed by atoms with E-state index >= 15 is 0 Å². The summed E-state index contributed by atoms with van der Waals surface area (Å²) in [4.78, 5) is 29.8. The summed E-state index contributed by atoms with van der Waals surface area (Å²) < 4.78 is 25.6. The molecule has 4 rings (SSSR count). The zero-order chi connectivity index (χ0) is 24.0. The van der Waals surface area contributed by atoms with Crippen LogP contribution >= 0.6 is 15.9 Å². The quantitative estimate of drug-likeness (QED) is 0.539. The van der Waals surface area contributed by atoms with Gasteiger partial charge in [0.2, 0.25) is 11.8 Å². The average molecular weight is 533 g/mol. The van der Waals surface area contributed by atoms with Crippen LogP contribution in [-0.4, -0.2) is 67.6 Å². The summed E-state index contributed by atoms with van der Waals surface area (Å²) >= 11 is 3.52. The lowest BCUT2D eigenvalue weighted by Crippen LogP contribution is -2.49. The van der Waals surface area contributed by atoms with Gasteiger partial charge in [0.25, 0.3) is 0 Å². The fourth-order valence-electron chi connectivity index (χ4n) is 4.53. The lowest BCUT2D eigenvalue weighted by Gasteiger charge is -2.42. The predicted octanol–water partition coefficient (Wildman–Crippen LogP) is 4.07. The molecule has 0 aromatic heterocycles. The molecule has 2 aromatic rings. The van der Waals surface area contributed by atoms with Crippen LogP contribution in [0.2, 0.25) is 0 Å². The van der Waals surface area contributed by atoms with E-state index in [2.05, 4.69) is 15.9 Å². The minimum absolute atomic E-state index is 0.0828. The van der Waals surface area contributed by atoms with E-state index in [-0.39, 0.29) is 23.0 Å². The van der Waals surface area contributed by atoms with Crippen molar-refractivity contribution in [3.05, 3.63) is 64.4 Å². The molecule has 182 valence electrons. The maximum absolute atomic E-state index is 13.3. The van der Waals surface area contributed by atoms with Crippen LogP contribution in [0.1, 0.15) is 24.8 Å². The first-order chi connectivity index (χ1) is 16.4. The standard InChI is InChI=1S/C26H30BrFN2O4/c27-23-4-2-1-3-20(23)17-24(31)29-11-9-26(10-12-29,18-25(32)30-13-15-33-16-14-30)19-34-22-7-5-21(28)6-8-22/h1-8H,9-19H2. The van der Waals surface area contributed by atoms with Gasteiger partial charge in [-0.25, -0.2) is 4.39 Å². The van der Waals surface area contributed by atoms with Gasteiger partial charge in [0.1, 0.15) is 11.6 Å². The van der Waals surface area contributed by atoms with Crippen molar-refractivity contribution in [1.29, 1.82) is 0 Å². The predicted molar refractivity (Wildman–Crippen MR) is 130 cm³/mol. The van der Waals surface area contributed by atoms with Gasteiger partial charge in [0.05, 0.1) is 26.2 Å². The molecule has 0 atom stereocenters. The van der Waals surface area contributed by atoms with Gasteiger partial charge in [-0.15, -0.1) is 0 Å². The van der Waals surface area contributed by atoms with Crippen LogP contribution in [0.5, 0.6) is 5.75 Å². The molecule has 0 spiro atoms. The van der Waals surface area contributed by atoms with E-state index < -0.39 is 0 Å². The highest BCUT2D eigenvalue weighted by Gasteiger charge is 2.40. The molecule has 2 aliphatic rings. The Hall–Kier alpha value is -2.45. The lowest BCUT2D eigenvalue weighted by atomic mass is 9.75. The van der Waals surface area contributed by atoms with Crippen LogP contribution < -0.4 is 4.74 Å². The molecule has 0 unspecified atom stereocenters. The third kappa shape index (κ3) is 6.36. The second-order valence-corrected chi connectivity index (χ2v) is 9.92. The molecule has 0 saturated carbocycles. The third-order valence-electron chi connectivity index (χ3n) is 6.72. The summed E-state index contributed by atoms with van der Waals surface area (Å²) in [6.45, 7) is 3.82. The highest BCUT2D eigenvalue weighted by molar-refractivity contribution is 9.10. The number of carbonyl (C=O) groups is 2. The lowest BCUT2D eigenvalue weighted by molar-refractivity contribution is -0.140. The van der Waals surface area contributed by atoms with E-state index in [1.807, 2.05) is 34.1 Å². The number of halogens is 2. The Balaban J connectivity index is 1.41. The van der Waals surface area contributed by atoms with Crippen LogP contribution in [0, 0.1) is 11.2 Å². The van der Waals surface area contributed by atoms with Crippen LogP contribution in [-0.2, 0) is 20.7 Å². The molecule has 2 fully saturated rings. The first-order valence-corrected chi connectivity index (χ1v) is 12.5. The van der Waals surface area contributed by atoms with Gasteiger partial charge in [-0.2, -0.15) is 0 Å². The molecular formula is C26H30BrFN2O4. The van der Waals surface area contributed by atoms with Crippen LogP contribution in [0.4, 0.5) is 4.39 Å². The average Bonchev–Trinajstić information content (AvgIpc) is 2.86. The first-order valence-electron chi connectivity index (χ1n) is 11.7. The molecular weight excluding hydrogens is 503 g/mol. The largest absolute Gasteiger partial charge is 0.493 e. The van der Waals surface area contributed by atoms with Crippen molar-refractivity contribution < 1.29 is 23.5 Å². The van der Waals surface area contributed by atoms with Crippen LogP contribution in [0.15, 0.2) is 53.0 Å². The number of rotatable bonds is 7. The summed E-state index contributed by atoms with van der Waals surface area (Å²) in [6, 6.07) is 13.7. The van der Waals surface area contributed by atoms with Gasteiger partial charge in [-0.05, 0) is 48.7 Å². The number of hydrogen-bond acceptors (Lipinski definition) is 4. The Morgan fingerprint density at radius 3 is 2.26 bits per heavy atom. The fourth-order valence-corrected chi connectivity index (χ4v) is 4.96. The topological polar surface area (TPSA) is 59.1 Å². The monoisotopic (exact) mass is 532 g/mol. The summed E-state index contributed by atoms with van der Waals surface area (Å²) in [7, 11) is 0. The van der Waals surface area contributed by atoms with Crippen molar-refractivity contribution in [2.24, 2.45) is 5.41 Å². The molecule has 8 heteroatoms. The molecule has 2 saturated heterocycles. The summed E-state index contributed by atoms with van der Waals surface area (Å²) in [6.07, 6.45) is 2.05. The molecule has 2 heterocycles. The molecule has 34 heavy (non-hydrogen) atoms. The van der Waals surface area contributed by atoms with Crippen molar-refractivity contribution in [2.75, 3.05) is 46.0 Å². The minimum Gasteiger partial charge on any atom is -0.493 e. The molecule has 2 aromatic carbocycles. The van der Waals surface area contributed by atoms with E-state index in [1.165, 1.54) is 12.1 Å². The van der Waals surface area contributed by atoms with E-state index in [9.17, 15) is 14.0 Å². The van der Waals surface area contributed by atoms with Crippen molar-refractivity contribution in [1.82, 2.24) is 9.80 Å². The molecule has 0 N–H and O–H groups in total. The number of piperidine rings is 1. The van der Waals surface area contributed by atoms with Crippen molar-refractivity contribution in [2.45, 2.75) is 25.7 Å². The molecule has 2 aliphatic heterocycles. The number of hydrogen-bond donors (Lipinski definition) is 0. The number of benzene rings is 2. The normalized spacial score (nSPS) is 17.9. The summed E-state index contributed by atoms with van der Waals surface area (Å²) in [5, 5.41) is 0. The highest BCUT2D eigenvalue weighted by atomic mass is 79.9. The first kappa shape index (κ1) is 24.7. The van der Waals surface area contributed by atoms with Crippen molar-refractivity contribution >= 4 is 27.7 Å². The molecule has 0 aliphatic carbocycles. The second kappa shape index (κ2) is 11.3. The Morgan fingerprint density at radius 2 is 1.59 bits per heavy atom. The Morgan fingerprint density at radius 1 is 0.941 bits per heavy atom. The third-order valence-corrected chi connectivity index (χ3v) is 7.50. The zero-order valence-corrected chi connectivity index (χ0v) is 20.8. The number of ether oxygens (including phenoxy) is 2. The van der Waals surface area contributed by atoms with E-state index in [0.717, 1.165) is 10.0 Å². The maximum Gasteiger partial charge on any atom is 0.227 e. The van der Waals surface area contributed by atoms with Gasteiger partial charge in [0, 0.05) is 42.5 Å². The van der Waals surface area contributed by atoms with E-state index in [4.69, 9.17) is 9.47 Å². The van der Waals surface area contributed by atoms with Gasteiger partial charge in [-0.1, -0.05) is 34.1 Å². The number of amides is 2. The number of morpholine rings is 1. The van der Waals surface area contributed by atoms with Crippen molar-refractivity contribution in [3.63, 3.8) is 0 Å². The smallest absolute Gasteiger partial charge is 0.227 e. The Bertz CT molecular complexity index is 987. The number of carbonyl (C=O) groups excluding carboxylic acids is 2. The van der Waals surface area contributed by atoms with Gasteiger partial charge in [-0.3, -0.25) is 9.59 Å². The van der Waals surface area contributed by atoms with Crippen molar-refractivity contribution in [3.8, 4) is 5.75 Å². The zero-order valence-electron chi connectivity index (χ0n) is 19.2. The van der Waals surface area contributed by atoms with Crippen LogP contribution in [0.25, 0.3) is 0 Å². The Labute approximate surface area is 208 Å². The SMILES string of the molecule is O=C(Cc1ccccc1Br)N1CCC(COc2ccc(F)cc2)(CC(=O)N2CCOCC2)CC1. The van der Waals surface area contributed by atoms with E-state index in [1.54, 1.807) is 12.1 Å². The van der Waals surface area contributed by atoms with Gasteiger partial charge < -0.3 is 19.3 Å². The number of likely N-dealkylation sites (tertiary alicyclic amines) is 1. The minimum atomic E-state index is -0.381. The summed E-state index contributed by atoms with van der Waals surface area (Å²) in [5.41, 5.74) is 0.583. The molecule has 2 amide bonds.